The summed E-state index contributed by atoms with van der Waals surface area (Å²) in [5.74, 6) is -0.113. The molecule has 1 aromatic heterocycles. The second kappa shape index (κ2) is 8.67. The van der Waals surface area contributed by atoms with Gasteiger partial charge in [0.1, 0.15) is 5.82 Å². The van der Waals surface area contributed by atoms with Crippen LogP contribution in [0.4, 0.5) is 11.5 Å². The minimum absolute atomic E-state index is 0.188. The number of hydrogen-bond acceptors (Lipinski definition) is 5. The molecule has 29 heavy (non-hydrogen) atoms. The molecule has 2 heterocycles. The van der Waals surface area contributed by atoms with E-state index in [4.69, 9.17) is 4.74 Å². The van der Waals surface area contributed by atoms with Gasteiger partial charge in [-0.05, 0) is 18.2 Å². The predicted octanol–water partition coefficient (Wildman–Crippen LogP) is 3.40. The van der Waals surface area contributed by atoms with Crippen molar-refractivity contribution in [2.75, 3.05) is 36.5 Å². The van der Waals surface area contributed by atoms with E-state index in [0.717, 1.165) is 18.8 Å². The summed E-state index contributed by atoms with van der Waals surface area (Å²) < 4.78 is 5.36. The monoisotopic (exact) mass is 387 g/mol. The minimum Gasteiger partial charge on any atom is -0.378 e. The Kier molecular flexibility index (Phi) is 5.63. The van der Waals surface area contributed by atoms with E-state index >= 15 is 0 Å². The lowest BCUT2D eigenvalue weighted by molar-refractivity contribution is 0.0996. The van der Waals surface area contributed by atoms with Crippen molar-refractivity contribution in [1.29, 1.82) is 0 Å². The van der Waals surface area contributed by atoms with Gasteiger partial charge in [0.05, 0.1) is 30.7 Å². The number of rotatable bonds is 5. The summed E-state index contributed by atoms with van der Waals surface area (Å²) in [6.07, 6.45) is 1.74. The summed E-state index contributed by atoms with van der Waals surface area (Å²) in [7, 11) is 0. The van der Waals surface area contributed by atoms with Crippen molar-refractivity contribution in [3.05, 3.63) is 89.6 Å². The van der Waals surface area contributed by atoms with Crippen LogP contribution in [0.2, 0.25) is 0 Å². The summed E-state index contributed by atoms with van der Waals surface area (Å²) in [6.45, 7) is 3.04. The van der Waals surface area contributed by atoms with E-state index in [1.807, 2.05) is 12.1 Å². The smallest absolute Gasteiger partial charge is 0.257 e. The molecule has 0 spiro atoms. The van der Waals surface area contributed by atoms with Gasteiger partial charge in [0.15, 0.2) is 5.78 Å². The Balaban J connectivity index is 1.51. The lowest BCUT2D eigenvalue weighted by atomic mass is 9.98. The van der Waals surface area contributed by atoms with Crippen LogP contribution in [0.25, 0.3) is 0 Å². The van der Waals surface area contributed by atoms with Gasteiger partial charge in [0.25, 0.3) is 5.91 Å². The summed E-state index contributed by atoms with van der Waals surface area (Å²) in [6, 6.07) is 19.4. The van der Waals surface area contributed by atoms with E-state index in [1.54, 1.807) is 60.8 Å². The summed E-state index contributed by atoms with van der Waals surface area (Å²) >= 11 is 0. The zero-order valence-electron chi connectivity index (χ0n) is 15.9. The Hall–Kier alpha value is -3.51. The van der Waals surface area contributed by atoms with Gasteiger partial charge in [-0.3, -0.25) is 9.59 Å². The number of nitrogens with one attached hydrogen (secondary N) is 1. The topological polar surface area (TPSA) is 71.5 Å². The van der Waals surface area contributed by atoms with Gasteiger partial charge in [-0.15, -0.1) is 0 Å². The molecule has 0 saturated carbocycles. The number of anilines is 2. The van der Waals surface area contributed by atoms with Crippen molar-refractivity contribution in [1.82, 2.24) is 4.98 Å². The number of aromatic nitrogens is 1. The van der Waals surface area contributed by atoms with Gasteiger partial charge >= 0.3 is 0 Å². The number of nitrogens with zero attached hydrogens (tertiary/aromatic N) is 2. The van der Waals surface area contributed by atoms with Crippen LogP contribution >= 0.6 is 0 Å². The molecule has 1 amide bonds. The van der Waals surface area contributed by atoms with E-state index < -0.39 is 0 Å². The van der Waals surface area contributed by atoms with Gasteiger partial charge in [0, 0.05) is 24.2 Å². The molecule has 0 radical (unpaired) electrons. The first kappa shape index (κ1) is 18.8. The van der Waals surface area contributed by atoms with E-state index in [-0.39, 0.29) is 11.7 Å². The van der Waals surface area contributed by atoms with Crippen LogP contribution in [0.1, 0.15) is 26.3 Å². The van der Waals surface area contributed by atoms with Crippen molar-refractivity contribution in [2.24, 2.45) is 0 Å². The summed E-state index contributed by atoms with van der Waals surface area (Å²) in [5, 5.41) is 2.79. The highest BCUT2D eigenvalue weighted by Crippen LogP contribution is 2.19. The molecule has 2 aromatic carbocycles. The molecule has 0 atom stereocenters. The highest BCUT2D eigenvalue weighted by Gasteiger charge is 2.18. The molecule has 1 aliphatic heterocycles. The molecule has 6 nitrogen and oxygen atoms in total. The fourth-order valence-corrected chi connectivity index (χ4v) is 3.28. The Bertz CT molecular complexity index is 997. The minimum atomic E-state index is -0.364. The van der Waals surface area contributed by atoms with Crippen LogP contribution in [-0.2, 0) is 4.74 Å². The number of morpholine rings is 1. The number of carbonyl (C=O) groups is 2. The van der Waals surface area contributed by atoms with Crippen LogP contribution < -0.4 is 10.2 Å². The fraction of sp³-hybridized carbons (Fsp3) is 0.174. The molecule has 1 N–H and O–H groups in total. The normalized spacial score (nSPS) is 13.7. The second-order valence-corrected chi connectivity index (χ2v) is 6.70. The van der Waals surface area contributed by atoms with Crippen LogP contribution in [0.3, 0.4) is 0 Å². The second-order valence-electron chi connectivity index (χ2n) is 6.70. The number of hydrogen-bond donors (Lipinski definition) is 1. The zero-order chi connectivity index (χ0) is 20.1. The predicted molar refractivity (Wildman–Crippen MR) is 112 cm³/mol. The van der Waals surface area contributed by atoms with Crippen molar-refractivity contribution < 1.29 is 14.3 Å². The molecular weight excluding hydrogens is 366 g/mol. The lowest BCUT2D eigenvalue weighted by Gasteiger charge is -2.28. The zero-order valence-corrected chi connectivity index (χ0v) is 15.9. The molecule has 146 valence electrons. The first-order valence-electron chi connectivity index (χ1n) is 9.51. The number of amides is 1. The van der Waals surface area contributed by atoms with E-state index in [9.17, 15) is 9.59 Å². The molecule has 6 heteroatoms. The largest absolute Gasteiger partial charge is 0.378 e. The number of ether oxygens (including phenoxy) is 1. The molecule has 0 aliphatic carbocycles. The fourth-order valence-electron chi connectivity index (χ4n) is 3.28. The van der Waals surface area contributed by atoms with Gasteiger partial charge in [0.2, 0.25) is 0 Å². The molecule has 4 rings (SSSR count). The van der Waals surface area contributed by atoms with Gasteiger partial charge in [-0.1, -0.05) is 48.5 Å². The molecular formula is C23H21N3O3. The van der Waals surface area contributed by atoms with Crippen molar-refractivity contribution in [2.45, 2.75) is 0 Å². The lowest BCUT2D eigenvalue weighted by Crippen LogP contribution is -2.36. The first-order valence-corrected chi connectivity index (χ1v) is 9.51. The molecule has 0 bridgehead atoms. The molecule has 3 aromatic rings. The third-order valence-corrected chi connectivity index (χ3v) is 4.82. The Labute approximate surface area is 169 Å². The Morgan fingerprint density at radius 1 is 0.862 bits per heavy atom. The molecule has 1 fully saturated rings. The molecule has 0 unspecified atom stereocenters. The first-order chi connectivity index (χ1) is 14.2. The van der Waals surface area contributed by atoms with Crippen molar-refractivity contribution in [3.63, 3.8) is 0 Å². The maximum absolute atomic E-state index is 12.8. The summed E-state index contributed by atoms with van der Waals surface area (Å²) in [4.78, 5) is 32.2. The standard InChI is InChI=1S/C23H21N3O3/c27-22(17-6-2-1-3-7-17)19-8-4-5-9-20(19)23(28)25-21-11-10-18(16-24-21)26-12-14-29-15-13-26/h1-11,16H,12-15H2,(H,24,25,28). The van der Waals surface area contributed by atoms with Gasteiger partial charge in [-0.25, -0.2) is 4.98 Å². The average molecular weight is 387 g/mol. The Morgan fingerprint density at radius 2 is 1.55 bits per heavy atom. The maximum atomic E-state index is 12.8. The van der Waals surface area contributed by atoms with Crippen LogP contribution in [0, 0.1) is 0 Å². The molecule has 1 aliphatic rings. The number of ketones is 1. The van der Waals surface area contributed by atoms with Crippen LogP contribution in [0.5, 0.6) is 0 Å². The van der Waals surface area contributed by atoms with E-state index in [2.05, 4.69) is 15.2 Å². The Morgan fingerprint density at radius 3 is 2.24 bits per heavy atom. The quantitative estimate of drug-likeness (QED) is 0.680. The average Bonchev–Trinajstić information content (AvgIpc) is 2.80. The number of benzene rings is 2. The summed E-state index contributed by atoms with van der Waals surface area (Å²) in [5.41, 5.74) is 2.22. The number of pyridine rings is 1. The SMILES string of the molecule is O=C(Nc1ccc(N2CCOCC2)cn1)c1ccccc1C(=O)c1ccccc1. The van der Waals surface area contributed by atoms with Crippen LogP contribution in [-0.4, -0.2) is 43.0 Å². The molecule has 1 saturated heterocycles. The van der Waals surface area contributed by atoms with Crippen molar-refractivity contribution in [3.8, 4) is 0 Å². The maximum Gasteiger partial charge on any atom is 0.257 e. The van der Waals surface area contributed by atoms with E-state index in [1.165, 1.54) is 0 Å². The van der Waals surface area contributed by atoms with E-state index in [0.29, 0.717) is 35.7 Å². The van der Waals surface area contributed by atoms with Crippen LogP contribution in [0.15, 0.2) is 72.9 Å². The van der Waals surface area contributed by atoms with Gasteiger partial charge < -0.3 is 15.0 Å². The van der Waals surface area contributed by atoms with Gasteiger partial charge in [-0.2, -0.15) is 0 Å². The third kappa shape index (κ3) is 4.33. The highest BCUT2D eigenvalue weighted by molar-refractivity contribution is 6.17. The number of carbonyl (C=O) groups excluding carboxylic acids is 2. The third-order valence-electron chi connectivity index (χ3n) is 4.82. The van der Waals surface area contributed by atoms with Crippen molar-refractivity contribution >= 4 is 23.2 Å². The highest BCUT2D eigenvalue weighted by atomic mass is 16.5.